The summed E-state index contributed by atoms with van der Waals surface area (Å²) in [4.78, 5) is 2.21. The van der Waals surface area contributed by atoms with Crippen molar-refractivity contribution < 1.29 is 0 Å². The highest BCUT2D eigenvalue weighted by atomic mass is 79.9. The van der Waals surface area contributed by atoms with E-state index >= 15 is 0 Å². The first-order chi connectivity index (χ1) is 7.84. The number of rotatable bonds is 4. The first-order valence-corrected chi connectivity index (χ1v) is 8.30. The maximum Gasteiger partial charge on any atom is 0.0196 e. The zero-order chi connectivity index (χ0) is 11.2. The van der Waals surface area contributed by atoms with Crippen molar-refractivity contribution in [1.82, 2.24) is 0 Å². The summed E-state index contributed by atoms with van der Waals surface area (Å²) in [6.07, 6.45) is 11.4. The molecule has 90 valence electrons. The monoisotopic (exact) mass is 300 g/mol. The Labute approximate surface area is 112 Å². The van der Waals surface area contributed by atoms with Gasteiger partial charge in [-0.3, -0.25) is 0 Å². The van der Waals surface area contributed by atoms with Crippen LogP contribution >= 0.6 is 27.3 Å². The van der Waals surface area contributed by atoms with E-state index in [1.807, 2.05) is 11.3 Å². The Kier molecular flexibility index (Phi) is 5.37. The number of alkyl halides is 1. The average Bonchev–Trinajstić information content (AvgIpc) is 2.62. The van der Waals surface area contributed by atoms with E-state index in [0.29, 0.717) is 4.83 Å². The van der Waals surface area contributed by atoms with E-state index in [1.165, 1.54) is 56.2 Å². The molecule has 1 fully saturated rings. The molecule has 1 saturated carbocycles. The van der Waals surface area contributed by atoms with E-state index in [0.717, 1.165) is 5.92 Å². The standard InChI is InChI=1S/C14H21BrS/c15-13(11-14-8-5-9-16-14)10-12-6-3-1-2-4-7-12/h5,8-9,12-13H,1-4,6-7,10-11H2. The molecule has 0 bridgehead atoms. The molecule has 0 amide bonds. The van der Waals surface area contributed by atoms with Gasteiger partial charge in [0.25, 0.3) is 0 Å². The highest BCUT2D eigenvalue weighted by Crippen LogP contribution is 2.30. The quantitative estimate of drug-likeness (QED) is 0.515. The molecule has 2 heteroatoms. The van der Waals surface area contributed by atoms with Gasteiger partial charge in [0.1, 0.15) is 0 Å². The molecule has 1 heterocycles. The lowest BCUT2D eigenvalue weighted by molar-refractivity contribution is 0.424. The fraction of sp³-hybridized carbons (Fsp3) is 0.714. The molecule has 2 rings (SSSR count). The SMILES string of the molecule is BrC(Cc1cccs1)CC1CCCCCC1. The van der Waals surface area contributed by atoms with Gasteiger partial charge < -0.3 is 0 Å². The van der Waals surface area contributed by atoms with Crippen molar-refractivity contribution >= 4 is 27.3 Å². The van der Waals surface area contributed by atoms with E-state index in [4.69, 9.17) is 0 Å². The van der Waals surface area contributed by atoms with Crippen molar-refractivity contribution in [2.45, 2.75) is 56.2 Å². The van der Waals surface area contributed by atoms with Crippen molar-refractivity contribution in [3.8, 4) is 0 Å². The Morgan fingerprint density at radius 3 is 2.62 bits per heavy atom. The number of hydrogen-bond donors (Lipinski definition) is 0. The minimum absolute atomic E-state index is 0.689. The maximum atomic E-state index is 3.87. The number of halogens is 1. The van der Waals surface area contributed by atoms with Gasteiger partial charge >= 0.3 is 0 Å². The Hall–Kier alpha value is 0.180. The van der Waals surface area contributed by atoms with Crippen LogP contribution < -0.4 is 0 Å². The fourth-order valence-electron chi connectivity index (χ4n) is 2.69. The molecule has 1 aromatic heterocycles. The van der Waals surface area contributed by atoms with Crippen molar-refractivity contribution in [3.05, 3.63) is 22.4 Å². The van der Waals surface area contributed by atoms with Crippen LogP contribution in [0, 0.1) is 5.92 Å². The molecule has 0 saturated heterocycles. The Morgan fingerprint density at radius 2 is 2.00 bits per heavy atom. The zero-order valence-electron chi connectivity index (χ0n) is 9.83. The normalized spacial score (nSPS) is 20.6. The van der Waals surface area contributed by atoms with Gasteiger partial charge in [-0.1, -0.05) is 60.5 Å². The molecule has 1 aliphatic rings. The van der Waals surface area contributed by atoms with E-state index in [9.17, 15) is 0 Å². The third-order valence-corrected chi connectivity index (χ3v) is 5.16. The predicted octanol–water partition coefficient (Wildman–Crippen LogP) is 5.41. The third kappa shape index (κ3) is 4.21. The lowest BCUT2D eigenvalue weighted by atomic mass is 9.94. The van der Waals surface area contributed by atoms with Crippen LogP contribution in [0.5, 0.6) is 0 Å². The van der Waals surface area contributed by atoms with Gasteiger partial charge in [-0.15, -0.1) is 11.3 Å². The van der Waals surface area contributed by atoms with Crippen molar-refractivity contribution in [3.63, 3.8) is 0 Å². The summed E-state index contributed by atoms with van der Waals surface area (Å²) in [5.74, 6) is 0.979. The van der Waals surface area contributed by atoms with Gasteiger partial charge in [0.15, 0.2) is 0 Å². The summed E-state index contributed by atoms with van der Waals surface area (Å²) in [5, 5.41) is 2.18. The Bertz CT molecular complexity index is 273. The van der Waals surface area contributed by atoms with Crippen LogP contribution in [0.25, 0.3) is 0 Å². The van der Waals surface area contributed by atoms with Crippen molar-refractivity contribution in [2.75, 3.05) is 0 Å². The summed E-state index contributed by atoms with van der Waals surface area (Å²) in [6, 6.07) is 4.41. The van der Waals surface area contributed by atoms with Crippen LogP contribution in [0.2, 0.25) is 0 Å². The lowest BCUT2D eigenvalue weighted by Crippen LogP contribution is -2.10. The van der Waals surface area contributed by atoms with E-state index in [1.54, 1.807) is 0 Å². The van der Waals surface area contributed by atoms with Crippen LogP contribution in [-0.2, 0) is 6.42 Å². The van der Waals surface area contributed by atoms with Crippen LogP contribution in [-0.4, -0.2) is 4.83 Å². The molecule has 0 N–H and O–H groups in total. The minimum Gasteiger partial charge on any atom is -0.149 e. The van der Waals surface area contributed by atoms with Crippen molar-refractivity contribution in [2.24, 2.45) is 5.92 Å². The second kappa shape index (κ2) is 6.80. The zero-order valence-corrected chi connectivity index (χ0v) is 12.2. The van der Waals surface area contributed by atoms with Gasteiger partial charge in [-0.25, -0.2) is 0 Å². The van der Waals surface area contributed by atoms with Crippen LogP contribution in [0.15, 0.2) is 17.5 Å². The minimum atomic E-state index is 0.689. The van der Waals surface area contributed by atoms with Gasteiger partial charge in [0.2, 0.25) is 0 Å². The van der Waals surface area contributed by atoms with E-state index < -0.39 is 0 Å². The van der Waals surface area contributed by atoms with E-state index in [-0.39, 0.29) is 0 Å². The second-order valence-corrected chi connectivity index (χ2v) is 7.30. The fourth-order valence-corrected chi connectivity index (χ4v) is 4.57. The molecule has 0 spiro atoms. The first kappa shape index (κ1) is 12.6. The van der Waals surface area contributed by atoms with E-state index in [2.05, 4.69) is 33.4 Å². The molecule has 0 aliphatic heterocycles. The summed E-state index contributed by atoms with van der Waals surface area (Å²) < 4.78 is 0. The van der Waals surface area contributed by atoms with Crippen LogP contribution in [0.1, 0.15) is 49.8 Å². The summed E-state index contributed by atoms with van der Waals surface area (Å²) in [6.45, 7) is 0. The Morgan fingerprint density at radius 1 is 1.25 bits per heavy atom. The molecule has 0 nitrogen and oxygen atoms in total. The van der Waals surface area contributed by atoms with Crippen LogP contribution in [0.3, 0.4) is 0 Å². The second-order valence-electron chi connectivity index (χ2n) is 4.97. The van der Waals surface area contributed by atoms with Gasteiger partial charge in [-0.05, 0) is 30.2 Å². The molecular formula is C14H21BrS. The number of thiophene rings is 1. The van der Waals surface area contributed by atoms with Gasteiger partial charge in [0.05, 0.1) is 0 Å². The first-order valence-electron chi connectivity index (χ1n) is 6.51. The number of hydrogen-bond acceptors (Lipinski definition) is 1. The summed E-state index contributed by atoms with van der Waals surface area (Å²) in [5.41, 5.74) is 0. The molecule has 1 aliphatic carbocycles. The maximum absolute atomic E-state index is 3.87. The van der Waals surface area contributed by atoms with Crippen LogP contribution in [0.4, 0.5) is 0 Å². The van der Waals surface area contributed by atoms with Gasteiger partial charge in [-0.2, -0.15) is 0 Å². The molecule has 1 atom stereocenters. The molecule has 1 unspecified atom stereocenters. The molecule has 0 radical (unpaired) electrons. The highest BCUT2D eigenvalue weighted by molar-refractivity contribution is 9.09. The summed E-state index contributed by atoms with van der Waals surface area (Å²) in [7, 11) is 0. The largest absolute Gasteiger partial charge is 0.149 e. The molecule has 1 aromatic rings. The Balaban J connectivity index is 1.75. The highest BCUT2D eigenvalue weighted by Gasteiger charge is 2.16. The molecule has 0 aromatic carbocycles. The molecule has 16 heavy (non-hydrogen) atoms. The predicted molar refractivity (Wildman–Crippen MR) is 76.5 cm³/mol. The lowest BCUT2D eigenvalue weighted by Gasteiger charge is -2.17. The average molecular weight is 301 g/mol. The van der Waals surface area contributed by atoms with Crippen molar-refractivity contribution in [1.29, 1.82) is 0 Å². The van der Waals surface area contributed by atoms with Gasteiger partial charge in [0, 0.05) is 9.70 Å². The summed E-state index contributed by atoms with van der Waals surface area (Å²) >= 11 is 5.75. The third-order valence-electron chi connectivity index (χ3n) is 3.57. The smallest absolute Gasteiger partial charge is 0.0196 e. The molecular weight excluding hydrogens is 280 g/mol. The topological polar surface area (TPSA) is 0 Å².